The molecule has 0 aliphatic rings. The predicted molar refractivity (Wildman–Crippen MR) is 97.9 cm³/mol. The molecule has 2 rings (SSSR count). The van der Waals surface area contributed by atoms with Crippen LogP contribution in [0.3, 0.4) is 0 Å². The standard InChI is InChI=1S/C17H19ClN2O4S/c1-3-19-25(22,23)14-8-9-16(24-4-2)15(11-14)20-17(21)12-6-5-7-13(18)10-12/h5-11,19H,3-4H2,1-2H3,(H,20,21). The van der Waals surface area contributed by atoms with Crippen LogP contribution in [0.15, 0.2) is 47.4 Å². The summed E-state index contributed by atoms with van der Waals surface area (Å²) in [5.41, 5.74) is 0.626. The molecule has 1 amide bonds. The fourth-order valence-corrected chi connectivity index (χ4v) is 3.41. The summed E-state index contributed by atoms with van der Waals surface area (Å²) in [6.45, 7) is 4.12. The lowest BCUT2D eigenvalue weighted by Gasteiger charge is -2.14. The number of amides is 1. The largest absolute Gasteiger partial charge is 0.492 e. The van der Waals surface area contributed by atoms with E-state index in [2.05, 4.69) is 10.0 Å². The molecule has 134 valence electrons. The smallest absolute Gasteiger partial charge is 0.255 e. The monoisotopic (exact) mass is 382 g/mol. The topological polar surface area (TPSA) is 84.5 Å². The van der Waals surface area contributed by atoms with Gasteiger partial charge < -0.3 is 10.1 Å². The Morgan fingerprint density at radius 1 is 1.16 bits per heavy atom. The van der Waals surface area contributed by atoms with E-state index in [1.165, 1.54) is 24.3 Å². The van der Waals surface area contributed by atoms with Gasteiger partial charge >= 0.3 is 0 Å². The Morgan fingerprint density at radius 3 is 2.56 bits per heavy atom. The summed E-state index contributed by atoms with van der Waals surface area (Å²) in [6, 6.07) is 10.8. The van der Waals surface area contributed by atoms with Crippen molar-refractivity contribution in [3.05, 3.63) is 53.1 Å². The normalized spacial score (nSPS) is 11.2. The van der Waals surface area contributed by atoms with E-state index < -0.39 is 15.9 Å². The molecule has 0 aromatic heterocycles. The molecule has 0 bridgehead atoms. The van der Waals surface area contributed by atoms with Gasteiger partial charge in [0.25, 0.3) is 5.91 Å². The zero-order valence-electron chi connectivity index (χ0n) is 13.9. The van der Waals surface area contributed by atoms with Gasteiger partial charge in [0.2, 0.25) is 10.0 Å². The van der Waals surface area contributed by atoms with Crippen molar-refractivity contribution in [2.45, 2.75) is 18.7 Å². The summed E-state index contributed by atoms with van der Waals surface area (Å²) in [5.74, 6) is -0.0326. The van der Waals surface area contributed by atoms with E-state index in [-0.39, 0.29) is 17.1 Å². The second kappa shape index (κ2) is 8.33. The van der Waals surface area contributed by atoms with Crippen molar-refractivity contribution in [2.24, 2.45) is 0 Å². The van der Waals surface area contributed by atoms with Crippen molar-refractivity contribution in [1.29, 1.82) is 0 Å². The molecule has 0 saturated heterocycles. The number of anilines is 1. The third-order valence-electron chi connectivity index (χ3n) is 3.23. The number of sulfonamides is 1. The van der Waals surface area contributed by atoms with E-state index in [0.29, 0.717) is 22.9 Å². The zero-order valence-corrected chi connectivity index (χ0v) is 15.4. The number of carbonyl (C=O) groups is 1. The molecule has 2 N–H and O–H groups in total. The predicted octanol–water partition coefficient (Wildman–Crippen LogP) is 3.29. The number of ether oxygens (including phenoxy) is 1. The van der Waals surface area contributed by atoms with Gasteiger partial charge in [0.05, 0.1) is 17.2 Å². The maximum Gasteiger partial charge on any atom is 0.255 e. The van der Waals surface area contributed by atoms with Crippen LogP contribution in [0.25, 0.3) is 0 Å². The minimum absolute atomic E-state index is 0.0409. The molecule has 0 fully saturated rings. The van der Waals surface area contributed by atoms with E-state index in [1.54, 1.807) is 32.0 Å². The third kappa shape index (κ3) is 4.94. The summed E-state index contributed by atoms with van der Waals surface area (Å²) >= 11 is 5.90. The molecule has 0 radical (unpaired) electrons. The lowest BCUT2D eigenvalue weighted by Crippen LogP contribution is -2.23. The minimum Gasteiger partial charge on any atom is -0.492 e. The number of halogens is 1. The van der Waals surface area contributed by atoms with Gasteiger partial charge in [0.15, 0.2) is 0 Å². The molecule has 0 aliphatic carbocycles. The van der Waals surface area contributed by atoms with Crippen molar-refractivity contribution in [1.82, 2.24) is 4.72 Å². The van der Waals surface area contributed by atoms with Crippen LogP contribution < -0.4 is 14.8 Å². The van der Waals surface area contributed by atoms with Crippen LogP contribution in [0.4, 0.5) is 5.69 Å². The molecular formula is C17H19ClN2O4S. The maximum atomic E-state index is 12.4. The first-order chi connectivity index (χ1) is 11.9. The first kappa shape index (κ1) is 19.2. The van der Waals surface area contributed by atoms with Crippen LogP contribution >= 0.6 is 11.6 Å². The number of hydrogen-bond donors (Lipinski definition) is 2. The summed E-state index contributed by atoms with van der Waals surface area (Å²) in [7, 11) is -3.65. The number of rotatable bonds is 7. The van der Waals surface area contributed by atoms with Crippen molar-refractivity contribution in [3.8, 4) is 5.75 Å². The highest BCUT2D eigenvalue weighted by atomic mass is 35.5. The first-order valence-corrected chi connectivity index (χ1v) is 9.57. The second-order valence-corrected chi connectivity index (χ2v) is 7.26. The number of benzene rings is 2. The summed E-state index contributed by atoms with van der Waals surface area (Å²) in [5, 5.41) is 3.11. The lowest BCUT2D eigenvalue weighted by atomic mass is 10.2. The third-order valence-corrected chi connectivity index (χ3v) is 5.01. The van der Waals surface area contributed by atoms with Crippen LogP contribution in [0.5, 0.6) is 5.75 Å². The quantitative estimate of drug-likeness (QED) is 0.769. The average molecular weight is 383 g/mol. The molecule has 2 aromatic rings. The molecular weight excluding hydrogens is 364 g/mol. The van der Waals surface area contributed by atoms with Gasteiger partial charge in [-0.1, -0.05) is 24.6 Å². The Balaban J connectivity index is 2.38. The molecule has 0 unspecified atom stereocenters. The molecule has 0 spiro atoms. The molecule has 2 aromatic carbocycles. The maximum absolute atomic E-state index is 12.4. The van der Waals surface area contributed by atoms with E-state index in [1.807, 2.05) is 0 Å². The fraction of sp³-hybridized carbons (Fsp3) is 0.235. The molecule has 8 heteroatoms. The van der Waals surface area contributed by atoms with Crippen LogP contribution in [0, 0.1) is 0 Å². The first-order valence-electron chi connectivity index (χ1n) is 7.70. The Labute approximate surface area is 152 Å². The Bertz CT molecular complexity index is 869. The van der Waals surface area contributed by atoms with Gasteiger partial charge in [-0.2, -0.15) is 0 Å². The van der Waals surface area contributed by atoms with Crippen LogP contribution in [-0.4, -0.2) is 27.5 Å². The number of hydrogen-bond acceptors (Lipinski definition) is 4. The van der Waals surface area contributed by atoms with Gasteiger partial charge in [0.1, 0.15) is 5.75 Å². The highest BCUT2D eigenvalue weighted by Gasteiger charge is 2.17. The fourth-order valence-electron chi connectivity index (χ4n) is 2.15. The van der Waals surface area contributed by atoms with Gasteiger partial charge in [-0.05, 0) is 43.3 Å². The zero-order chi connectivity index (χ0) is 18.4. The Morgan fingerprint density at radius 2 is 1.92 bits per heavy atom. The van der Waals surface area contributed by atoms with Crippen molar-refractivity contribution >= 4 is 33.2 Å². The van der Waals surface area contributed by atoms with Gasteiger partial charge in [-0.25, -0.2) is 13.1 Å². The van der Waals surface area contributed by atoms with Crippen molar-refractivity contribution < 1.29 is 17.9 Å². The lowest BCUT2D eigenvalue weighted by molar-refractivity contribution is 0.102. The summed E-state index contributed by atoms with van der Waals surface area (Å²) < 4.78 is 32.2. The number of nitrogens with one attached hydrogen (secondary N) is 2. The van der Waals surface area contributed by atoms with Crippen LogP contribution in [-0.2, 0) is 10.0 Å². The molecule has 6 nitrogen and oxygen atoms in total. The van der Waals surface area contributed by atoms with E-state index in [9.17, 15) is 13.2 Å². The molecule has 0 aliphatic heterocycles. The van der Waals surface area contributed by atoms with Crippen LogP contribution in [0.1, 0.15) is 24.2 Å². The summed E-state index contributed by atoms with van der Waals surface area (Å²) in [6.07, 6.45) is 0. The molecule has 0 heterocycles. The van der Waals surface area contributed by atoms with E-state index >= 15 is 0 Å². The summed E-state index contributed by atoms with van der Waals surface area (Å²) in [4.78, 5) is 12.5. The average Bonchev–Trinajstić information content (AvgIpc) is 2.56. The van der Waals surface area contributed by atoms with E-state index in [0.717, 1.165) is 0 Å². The van der Waals surface area contributed by atoms with E-state index in [4.69, 9.17) is 16.3 Å². The second-order valence-electron chi connectivity index (χ2n) is 5.06. The molecule has 0 atom stereocenters. The number of carbonyl (C=O) groups excluding carboxylic acids is 1. The highest BCUT2D eigenvalue weighted by molar-refractivity contribution is 7.89. The van der Waals surface area contributed by atoms with Crippen molar-refractivity contribution in [2.75, 3.05) is 18.5 Å². The molecule has 0 saturated carbocycles. The van der Waals surface area contributed by atoms with Gasteiger partial charge in [0, 0.05) is 17.1 Å². The van der Waals surface area contributed by atoms with Crippen molar-refractivity contribution in [3.63, 3.8) is 0 Å². The highest BCUT2D eigenvalue weighted by Crippen LogP contribution is 2.28. The minimum atomic E-state index is -3.65. The SMILES string of the molecule is CCNS(=O)(=O)c1ccc(OCC)c(NC(=O)c2cccc(Cl)c2)c1. The molecule has 25 heavy (non-hydrogen) atoms. The van der Waals surface area contributed by atoms with Gasteiger partial charge in [-0.15, -0.1) is 0 Å². The van der Waals surface area contributed by atoms with Crippen LogP contribution in [0.2, 0.25) is 5.02 Å². The Kier molecular flexibility index (Phi) is 6.41. The van der Waals surface area contributed by atoms with Gasteiger partial charge in [-0.3, -0.25) is 4.79 Å². The Hall–Kier alpha value is -2.09.